The van der Waals surface area contributed by atoms with Crippen LogP contribution in [0.5, 0.6) is 0 Å². The van der Waals surface area contributed by atoms with Crippen molar-refractivity contribution in [1.82, 2.24) is 5.32 Å². The molecule has 0 heterocycles. The molecular formula is C13H18N2O3. The maximum Gasteiger partial charge on any atom is 0.303 e. The van der Waals surface area contributed by atoms with Gasteiger partial charge >= 0.3 is 5.97 Å². The van der Waals surface area contributed by atoms with Crippen LogP contribution in [0.15, 0.2) is 30.3 Å². The molecule has 1 rings (SSSR count). The van der Waals surface area contributed by atoms with Crippen LogP contribution in [0.3, 0.4) is 0 Å². The maximum atomic E-state index is 11.3. The van der Waals surface area contributed by atoms with Gasteiger partial charge in [0.1, 0.15) is 0 Å². The lowest BCUT2D eigenvalue weighted by Gasteiger charge is -2.19. The lowest BCUT2D eigenvalue weighted by atomic mass is 10.3. The standard InChI is InChI=1S/C13H18N2O3/c1-15(11-5-3-2-4-6-11)10-9-14-12(16)7-8-13(17)18/h2-6H,7-10H2,1H3,(H,14,16)(H,17,18). The molecule has 5 nitrogen and oxygen atoms in total. The molecule has 98 valence electrons. The summed E-state index contributed by atoms with van der Waals surface area (Å²) in [4.78, 5) is 23.6. The van der Waals surface area contributed by atoms with E-state index in [0.29, 0.717) is 13.1 Å². The van der Waals surface area contributed by atoms with Gasteiger partial charge in [-0.3, -0.25) is 9.59 Å². The van der Waals surface area contributed by atoms with Crippen LogP contribution in [0, 0.1) is 0 Å². The molecule has 0 spiro atoms. The van der Waals surface area contributed by atoms with Crippen molar-refractivity contribution in [3.05, 3.63) is 30.3 Å². The minimum Gasteiger partial charge on any atom is -0.481 e. The van der Waals surface area contributed by atoms with Gasteiger partial charge in [0, 0.05) is 32.2 Å². The average Bonchev–Trinajstić information content (AvgIpc) is 2.37. The first kappa shape index (κ1) is 14.0. The second kappa shape index (κ2) is 7.32. The van der Waals surface area contributed by atoms with Gasteiger partial charge in [-0.1, -0.05) is 18.2 Å². The number of rotatable bonds is 7. The number of para-hydroxylation sites is 1. The smallest absolute Gasteiger partial charge is 0.303 e. The Morgan fingerprint density at radius 1 is 1.22 bits per heavy atom. The minimum absolute atomic E-state index is 0.0321. The summed E-state index contributed by atoms with van der Waals surface area (Å²) in [6, 6.07) is 9.85. The third-order valence-electron chi connectivity index (χ3n) is 2.53. The molecule has 1 amide bonds. The number of amides is 1. The number of nitrogens with zero attached hydrogens (tertiary/aromatic N) is 1. The summed E-state index contributed by atoms with van der Waals surface area (Å²) in [5, 5.41) is 11.1. The molecule has 0 aliphatic rings. The van der Waals surface area contributed by atoms with E-state index in [1.54, 1.807) is 0 Å². The lowest BCUT2D eigenvalue weighted by molar-refractivity contribution is -0.138. The van der Waals surface area contributed by atoms with E-state index in [1.807, 2.05) is 42.3 Å². The number of hydrogen-bond donors (Lipinski definition) is 2. The summed E-state index contributed by atoms with van der Waals surface area (Å²) in [6.45, 7) is 1.19. The van der Waals surface area contributed by atoms with Crippen molar-refractivity contribution in [3.63, 3.8) is 0 Å². The van der Waals surface area contributed by atoms with Crippen molar-refractivity contribution in [2.24, 2.45) is 0 Å². The molecule has 0 saturated heterocycles. The molecule has 0 aromatic heterocycles. The summed E-state index contributed by atoms with van der Waals surface area (Å²) in [5.41, 5.74) is 1.08. The summed E-state index contributed by atoms with van der Waals surface area (Å²) in [6.07, 6.45) is -0.0925. The summed E-state index contributed by atoms with van der Waals surface area (Å²) in [5.74, 6) is -1.18. The van der Waals surface area contributed by atoms with Crippen molar-refractivity contribution in [1.29, 1.82) is 0 Å². The van der Waals surface area contributed by atoms with Gasteiger partial charge in [-0.05, 0) is 12.1 Å². The molecule has 0 fully saturated rings. The highest BCUT2D eigenvalue weighted by Gasteiger charge is 2.05. The number of benzene rings is 1. The fraction of sp³-hybridized carbons (Fsp3) is 0.385. The van der Waals surface area contributed by atoms with Crippen LogP contribution in [-0.4, -0.2) is 37.1 Å². The second-order valence-corrected chi connectivity index (χ2v) is 4.00. The summed E-state index contributed by atoms with van der Waals surface area (Å²) >= 11 is 0. The third kappa shape index (κ3) is 5.34. The number of hydrogen-bond acceptors (Lipinski definition) is 3. The van der Waals surface area contributed by atoms with Gasteiger partial charge in [0.2, 0.25) is 5.91 Å². The predicted octanol–water partition coefficient (Wildman–Crippen LogP) is 1.10. The molecular weight excluding hydrogens is 232 g/mol. The molecule has 0 saturated carbocycles. The van der Waals surface area contributed by atoms with Crippen LogP contribution in [-0.2, 0) is 9.59 Å². The zero-order chi connectivity index (χ0) is 13.4. The highest BCUT2D eigenvalue weighted by atomic mass is 16.4. The topological polar surface area (TPSA) is 69.6 Å². The zero-order valence-corrected chi connectivity index (χ0v) is 10.4. The maximum absolute atomic E-state index is 11.3. The number of aliphatic carboxylic acids is 1. The highest BCUT2D eigenvalue weighted by molar-refractivity contribution is 5.80. The van der Waals surface area contributed by atoms with Crippen molar-refractivity contribution >= 4 is 17.6 Å². The first-order chi connectivity index (χ1) is 8.59. The fourth-order valence-corrected chi connectivity index (χ4v) is 1.48. The Labute approximate surface area is 106 Å². The van der Waals surface area contributed by atoms with Gasteiger partial charge in [-0.2, -0.15) is 0 Å². The van der Waals surface area contributed by atoms with Gasteiger partial charge < -0.3 is 15.3 Å². The Morgan fingerprint density at radius 2 is 1.89 bits per heavy atom. The highest BCUT2D eigenvalue weighted by Crippen LogP contribution is 2.09. The number of nitrogens with one attached hydrogen (secondary N) is 1. The largest absolute Gasteiger partial charge is 0.481 e. The number of carbonyl (C=O) groups is 2. The van der Waals surface area contributed by atoms with Crippen LogP contribution in [0.25, 0.3) is 0 Å². The lowest BCUT2D eigenvalue weighted by Crippen LogP contribution is -2.33. The van der Waals surface area contributed by atoms with Gasteiger partial charge in [0.25, 0.3) is 0 Å². The zero-order valence-electron chi connectivity index (χ0n) is 10.4. The molecule has 0 radical (unpaired) electrons. The summed E-state index contributed by atoms with van der Waals surface area (Å²) in [7, 11) is 1.94. The van der Waals surface area contributed by atoms with Crippen LogP contribution < -0.4 is 10.2 Å². The number of anilines is 1. The Morgan fingerprint density at radius 3 is 2.50 bits per heavy atom. The number of carbonyl (C=O) groups excluding carboxylic acids is 1. The SMILES string of the molecule is CN(CCNC(=O)CCC(=O)O)c1ccccc1. The first-order valence-electron chi connectivity index (χ1n) is 5.84. The van der Waals surface area contributed by atoms with Crippen molar-refractivity contribution < 1.29 is 14.7 Å². The summed E-state index contributed by atoms with van der Waals surface area (Å²) < 4.78 is 0. The van der Waals surface area contributed by atoms with E-state index in [2.05, 4.69) is 5.32 Å². The molecule has 0 atom stereocenters. The Kier molecular flexibility index (Phi) is 5.70. The molecule has 18 heavy (non-hydrogen) atoms. The average molecular weight is 250 g/mol. The number of carboxylic acid groups (broad SMARTS) is 1. The predicted molar refractivity (Wildman–Crippen MR) is 69.6 cm³/mol. The van der Waals surface area contributed by atoms with Crippen LogP contribution in [0.4, 0.5) is 5.69 Å². The molecule has 1 aromatic carbocycles. The number of likely N-dealkylation sites (N-methyl/N-ethyl adjacent to an activating group) is 1. The van der Waals surface area contributed by atoms with E-state index >= 15 is 0 Å². The Bertz CT molecular complexity index is 392. The Hall–Kier alpha value is -2.04. The van der Waals surface area contributed by atoms with E-state index in [-0.39, 0.29) is 18.7 Å². The quantitative estimate of drug-likeness (QED) is 0.760. The van der Waals surface area contributed by atoms with E-state index in [9.17, 15) is 9.59 Å². The minimum atomic E-state index is -0.952. The normalized spacial score (nSPS) is 9.83. The van der Waals surface area contributed by atoms with E-state index in [4.69, 9.17) is 5.11 Å². The Balaban J connectivity index is 2.21. The second-order valence-electron chi connectivity index (χ2n) is 4.00. The molecule has 5 heteroatoms. The van der Waals surface area contributed by atoms with Gasteiger partial charge in [-0.15, -0.1) is 0 Å². The number of carboxylic acids is 1. The van der Waals surface area contributed by atoms with Crippen molar-refractivity contribution in [3.8, 4) is 0 Å². The van der Waals surface area contributed by atoms with Gasteiger partial charge in [0.15, 0.2) is 0 Å². The van der Waals surface area contributed by atoms with Crippen LogP contribution >= 0.6 is 0 Å². The van der Waals surface area contributed by atoms with Crippen molar-refractivity contribution in [2.75, 3.05) is 25.0 Å². The molecule has 1 aromatic rings. The molecule has 0 aliphatic carbocycles. The van der Waals surface area contributed by atoms with Gasteiger partial charge in [-0.25, -0.2) is 0 Å². The molecule has 0 aliphatic heterocycles. The fourth-order valence-electron chi connectivity index (χ4n) is 1.48. The van der Waals surface area contributed by atoms with Gasteiger partial charge in [0.05, 0.1) is 6.42 Å². The molecule has 0 unspecified atom stereocenters. The van der Waals surface area contributed by atoms with E-state index < -0.39 is 5.97 Å². The first-order valence-corrected chi connectivity index (χ1v) is 5.84. The van der Waals surface area contributed by atoms with E-state index in [1.165, 1.54) is 0 Å². The van der Waals surface area contributed by atoms with Crippen LogP contribution in [0.2, 0.25) is 0 Å². The van der Waals surface area contributed by atoms with Crippen molar-refractivity contribution in [2.45, 2.75) is 12.8 Å². The van der Waals surface area contributed by atoms with E-state index in [0.717, 1.165) is 5.69 Å². The molecule has 2 N–H and O–H groups in total. The third-order valence-corrected chi connectivity index (χ3v) is 2.53. The monoisotopic (exact) mass is 250 g/mol. The molecule has 0 bridgehead atoms. The van der Waals surface area contributed by atoms with Crippen LogP contribution in [0.1, 0.15) is 12.8 Å².